The molecule has 2 aromatic carbocycles. The molecular weight excluding hydrogens is 356 g/mol. The zero-order valence-electron chi connectivity index (χ0n) is 16.7. The number of sulfonamides is 1. The van der Waals surface area contributed by atoms with Gasteiger partial charge in [-0.25, -0.2) is 13.1 Å². The van der Waals surface area contributed by atoms with Crippen molar-refractivity contribution >= 4 is 20.8 Å². The quantitative estimate of drug-likeness (QED) is 0.779. The molecule has 0 saturated heterocycles. The summed E-state index contributed by atoms with van der Waals surface area (Å²) in [6.07, 6.45) is 3.99. The van der Waals surface area contributed by atoms with Crippen LogP contribution < -0.4 is 10.0 Å². The first kappa shape index (κ1) is 20.3. The minimum atomic E-state index is -3.25. The molecule has 0 aliphatic heterocycles. The molecule has 1 fully saturated rings. The van der Waals surface area contributed by atoms with E-state index in [2.05, 4.69) is 52.5 Å². The molecule has 0 radical (unpaired) electrons. The van der Waals surface area contributed by atoms with Crippen molar-refractivity contribution in [3.05, 3.63) is 48.0 Å². The lowest BCUT2D eigenvalue weighted by Gasteiger charge is -2.31. The van der Waals surface area contributed by atoms with Crippen LogP contribution in [0.4, 0.5) is 0 Å². The summed E-state index contributed by atoms with van der Waals surface area (Å²) in [7, 11) is -3.25. The molecule has 1 aliphatic rings. The van der Waals surface area contributed by atoms with Crippen LogP contribution in [0.5, 0.6) is 0 Å². The Morgan fingerprint density at radius 2 is 1.63 bits per heavy atom. The lowest BCUT2D eigenvalue weighted by Crippen LogP contribution is -2.46. The molecule has 2 N–H and O–H groups in total. The van der Waals surface area contributed by atoms with Crippen LogP contribution in [-0.2, 0) is 16.6 Å². The molecule has 0 atom stereocenters. The third-order valence-electron chi connectivity index (χ3n) is 5.60. The Labute approximate surface area is 163 Å². The second-order valence-corrected chi connectivity index (χ2v) is 11.2. The molecular formula is C22H32N2O2S. The highest BCUT2D eigenvalue weighted by atomic mass is 32.2. The summed E-state index contributed by atoms with van der Waals surface area (Å²) < 4.78 is 26.8. The maximum atomic E-state index is 12.3. The average molecular weight is 389 g/mol. The van der Waals surface area contributed by atoms with Gasteiger partial charge in [0.25, 0.3) is 0 Å². The Morgan fingerprint density at radius 1 is 0.963 bits per heavy atom. The van der Waals surface area contributed by atoms with Gasteiger partial charge in [-0.2, -0.15) is 0 Å². The monoisotopic (exact) mass is 388 g/mol. The van der Waals surface area contributed by atoms with Crippen molar-refractivity contribution < 1.29 is 8.42 Å². The molecule has 148 valence electrons. The molecule has 4 nitrogen and oxygen atoms in total. The Kier molecular flexibility index (Phi) is 6.24. The topological polar surface area (TPSA) is 58.2 Å². The normalized spacial score (nSPS) is 21.4. The standard InChI is InChI=1S/C22H32N2O2S/c1-22(2,3)27(25,26)24-20-13-11-17(12-14-20)15-23-16-19-9-6-8-18-7-4-5-10-21(18)19/h4-10,17,20,23-24H,11-16H2,1-3H3. The smallest absolute Gasteiger partial charge is 0.216 e. The van der Waals surface area contributed by atoms with Gasteiger partial charge in [-0.05, 0) is 75.3 Å². The second-order valence-electron chi connectivity index (χ2n) is 8.72. The van der Waals surface area contributed by atoms with Crippen LogP contribution in [0.1, 0.15) is 52.0 Å². The first-order valence-electron chi connectivity index (χ1n) is 9.95. The van der Waals surface area contributed by atoms with E-state index in [0.717, 1.165) is 38.8 Å². The van der Waals surface area contributed by atoms with Crippen LogP contribution in [0.2, 0.25) is 0 Å². The van der Waals surface area contributed by atoms with Gasteiger partial charge in [0.2, 0.25) is 10.0 Å². The van der Waals surface area contributed by atoms with Crippen LogP contribution in [0, 0.1) is 5.92 Å². The molecule has 2 aromatic rings. The Bertz CT molecular complexity index is 858. The fourth-order valence-electron chi connectivity index (χ4n) is 3.74. The summed E-state index contributed by atoms with van der Waals surface area (Å²) in [5, 5.41) is 6.21. The fraction of sp³-hybridized carbons (Fsp3) is 0.545. The van der Waals surface area contributed by atoms with E-state index in [1.807, 2.05) is 0 Å². The third-order valence-corrected chi connectivity index (χ3v) is 7.86. The van der Waals surface area contributed by atoms with Gasteiger partial charge in [0.1, 0.15) is 0 Å². The van der Waals surface area contributed by atoms with Crippen LogP contribution in [0.3, 0.4) is 0 Å². The number of benzene rings is 2. The Hall–Kier alpha value is -1.43. The van der Waals surface area contributed by atoms with E-state index in [1.54, 1.807) is 20.8 Å². The second kappa shape index (κ2) is 8.29. The van der Waals surface area contributed by atoms with Gasteiger partial charge in [-0.3, -0.25) is 0 Å². The first-order chi connectivity index (χ1) is 12.8. The van der Waals surface area contributed by atoms with E-state index in [-0.39, 0.29) is 6.04 Å². The van der Waals surface area contributed by atoms with Crippen LogP contribution in [0.15, 0.2) is 42.5 Å². The van der Waals surface area contributed by atoms with Crippen molar-refractivity contribution in [2.75, 3.05) is 6.54 Å². The molecule has 1 saturated carbocycles. The van der Waals surface area contributed by atoms with Crippen LogP contribution in [0.25, 0.3) is 10.8 Å². The maximum absolute atomic E-state index is 12.3. The van der Waals surface area contributed by atoms with E-state index < -0.39 is 14.8 Å². The number of fused-ring (bicyclic) bond motifs is 1. The minimum Gasteiger partial charge on any atom is -0.312 e. The molecule has 0 amide bonds. The van der Waals surface area contributed by atoms with Crippen molar-refractivity contribution in [2.45, 2.75) is 63.8 Å². The summed E-state index contributed by atoms with van der Waals surface area (Å²) in [6, 6.07) is 15.0. The molecule has 27 heavy (non-hydrogen) atoms. The Morgan fingerprint density at radius 3 is 2.33 bits per heavy atom. The molecule has 0 spiro atoms. The van der Waals surface area contributed by atoms with Gasteiger partial charge in [0, 0.05) is 12.6 Å². The predicted molar refractivity (Wildman–Crippen MR) is 113 cm³/mol. The summed E-state index contributed by atoms with van der Waals surface area (Å²) in [5.41, 5.74) is 1.33. The van der Waals surface area contributed by atoms with Gasteiger partial charge in [0.05, 0.1) is 4.75 Å². The molecule has 0 aromatic heterocycles. The predicted octanol–water partition coefficient (Wildman–Crippen LogP) is 4.21. The van der Waals surface area contributed by atoms with Crippen LogP contribution in [-0.4, -0.2) is 25.8 Å². The number of rotatable bonds is 6. The van der Waals surface area contributed by atoms with Crippen molar-refractivity contribution in [2.24, 2.45) is 5.92 Å². The molecule has 0 bridgehead atoms. The van der Waals surface area contributed by atoms with Crippen LogP contribution >= 0.6 is 0 Å². The van der Waals surface area contributed by atoms with Crippen molar-refractivity contribution in [1.29, 1.82) is 0 Å². The number of hydrogen-bond donors (Lipinski definition) is 2. The molecule has 5 heteroatoms. The summed E-state index contributed by atoms with van der Waals surface area (Å²) >= 11 is 0. The summed E-state index contributed by atoms with van der Waals surface area (Å²) in [5.74, 6) is 0.621. The zero-order chi connectivity index (χ0) is 19.5. The highest BCUT2D eigenvalue weighted by Gasteiger charge is 2.32. The third kappa shape index (κ3) is 5.09. The van der Waals surface area contributed by atoms with E-state index >= 15 is 0 Å². The largest absolute Gasteiger partial charge is 0.312 e. The minimum absolute atomic E-state index is 0.0866. The van der Waals surface area contributed by atoms with Gasteiger partial charge < -0.3 is 5.32 Å². The van der Waals surface area contributed by atoms with E-state index in [4.69, 9.17) is 0 Å². The molecule has 3 rings (SSSR count). The van der Waals surface area contributed by atoms with Crippen molar-refractivity contribution in [3.63, 3.8) is 0 Å². The summed E-state index contributed by atoms with van der Waals surface area (Å²) in [6.45, 7) is 7.11. The van der Waals surface area contributed by atoms with Crippen molar-refractivity contribution in [1.82, 2.24) is 10.0 Å². The summed E-state index contributed by atoms with van der Waals surface area (Å²) in [4.78, 5) is 0. The van der Waals surface area contributed by atoms with E-state index in [9.17, 15) is 8.42 Å². The van der Waals surface area contributed by atoms with E-state index in [0.29, 0.717) is 5.92 Å². The average Bonchev–Trinajstić information content (AvgIpc) is 2.62. The van der Waals surface area contributed by atoms with E-state index in [1.165, 1.54) is 16.3 Å². The highest BCUT2D eigenvalue weighted by Crippen LogP contribution is 2.26. The lowest BCUT2D eigenvalue weighted by molar-refractivity contribution is 0.301. The van der Waals surface area contributed by atoms with Gasteiger partial charge in [-0.15, -0.1) is 0 Å². The maximum Gasteiger partial charge on any atom is 0.216 e. The van der Waals surface area contributed by atoms with Crippen molar-refractivity contribution in [3.8, 4) is 0 Å². The lowest BCUT2D eigenvalue weighted by atomic mass is 9.86. The molecule has 1 aliphatic carbocycles. The molecule has 0 unspecified atom stereocenters. The van der Waals surface area contributed by atoms with Gasteiger partial charge in [0.15, 0.2) is 0 Å². The first-order valence-corrected chi connectivity index (χ1v) is 11.4. The SMILES string of the molecule is CC(C)(C)S(=O)(=O)NC1CCC(CNCc2cccc3ccccc23)CC1. The Balaban J connectivity index is 1.46. The highest BCUT2D eigenvalue weighted by molar-refractivity contribution is 7.90. The fourth-order valence-corrected chi connectivity index (χ4v) is 4.77. The molecule has 0 heterocycles. The number of nitrogens with one attached hydrogen (secondary N) is 2. The number of hydrogen-bond acceptors (Lipinski definition) is 3. The zero-order valence-corrected chi connectivity index (χ0v) is 17.5. The van der Waals surface area contributed by atoms with Gasteiger partial charge >= 0.3 is 0 Å². The van der Waals surface area contributed by atoms with Gasteiger partial charge in [-0.1, -0.05) is 42.5 Å².